The van der Waals surface area contributed by atoms with Crippen LogP contribution < -0.4 is 5.32 Å². The largest absolute Gasteiger partial charge is 0.481 e. The molecule has 1 rings (SSSR count). The molecule has 0 radical (unpaired) electrons. The summed E-state index contributed by atoms with van der Waals surface area (Å²) in [6, 6.07) is -0.210. The molecule has 0 spiro atoms. The highest BCUT2D eigenvalue weighted by Crippen LogP contribution is 2.17. The summed E-state index contributed by atoms with van der Waals surface area (Å²) in [6.07, 6.45) is 1.25. The van der Waals surface area contributed by atoms with Crippen molar-refractivity contribution in [3.63, 3.8) is 0 Å². The van der Waals surface area contributed by atoms with Gasteiger partial charge >= 0.3 is 18.0 Å². The second kappa shape index (κ2) is 7.72. The Balaban J connectivity index is 2.27. The molecular formula is C13H22N2O5. The van der Waals surface area contributed by atoms with Gasteiger partial charge in [0.15, 0.2) is 0 Å². The van der Waals surface area contributed by atoms with Gasteiger partial charge in [-0.3, -0.25) is 9.59 Å². The van der Waals surface area contributed by atoms with E-state index in [0.29, 0.717) is 32.5 Å². The SMILES string of the molecule is COC(=O)C1CCN(C(=O)NCC(C)CCC(=O)O)C1. The minimum atomic E-state index is -0.830. The van der Waals surface area contributed by atoms with Gasteiger partial charge in [-0.15, -0.1) is 0 Å². The summed E-state index contributed by atoms with van der Waals surface area (Å²) >= 11 is 0. The van der Waals surface area contributed by atoms with Crippen LogP contribution in [0.2, 0.25) is 0 Å². The van der Waals surface area contributed by atoms with E-state index in [1.807, 2.05) is 6.92 Å². The van der Waals surface area contributed by atoms with Crippen molar-refractivity contribution < 1.29 is 24.2 Å². The molecule has 1 aliphatic rings. The molecule has 0 aromatic carbocycles. The number of rotatable bonds is 6. The molecule has 2 unspecified atom stereocenters. The molecule has 1 heterocycles. The monoisotopic (exact) mass is 286 g/mol. The first-order chi connectivity index (χ1) is 9.43. The number of carboxylic acid groups (broad SMARTS) is 1. The van der Waals surface area contributed by atoms with Crippen LogP contribution in [0.1, 0.15) is 26.2 Å². The molecule has 1 fully saturated rings. The molecule has 2 atom stereocenters. The first-order valence-corrected chi connectivity index (χ1v) is 6.76. The van der Waals surface area contributed by atoms with E-state index in [9.17, 15) is 14.4 Å². The van der Waals surface area contributed by atoms with Gasteiger partial charge in [0.1, 0.15) is 0 Å². The topological polar surface area (TPSA) is 95.9 Å². The number of nitrogens with one attached hydrogen (secondary N) is 1. The van der Waals surface area contributed by atoms with E-state index in [0.717, 1.165) is 0 Å². The zero-order chi connectivity index (χ0) is 15.1. The number of carboxylic acids is 1. The molecule has 0 saturated carbocycles. The minimum Gasteiger partial charge on any atom is -0.481 e. The smallest absolute Gasteiger partial charge is 0.317 e. The third kappa shape index (κ3) is 5.07. The fraction of sp³-hybridized carbons (Fsp3) is 0.769. The van der Waals surface area contributed by atoms with Crippen molar-refractivity contribution in [2.45, 2.75) is 26.2 Å². The van der Waals surface area contributed by atoms with E-state index in [-0.39, 0.29) is 30.3 Å². The Morgan fingerprint density at radius 2 is 2.15 bits per heavy atom. The van der Waals surface area contributed by atoms with Crippen molar-refractivity contribution in [3.05, 3.63) is 0 Å². The quantitative estimate of drug-likeness (QED) is 0.700. The molecule has 2 amide bonds. The van der Waals surface area contributed by atoms with Crippen molar-refractivity contribution in [1.82, 2.24) is 10.2 Å². The summed E-state index contributed by atoms with van der Waals surface area (Å²) in [5.74, 6) is -1.25. The molecule has 2 N–H and O–H groups in total. The van der Waals surface area contributed by atoms with Gasteiger partial charge in [0.05, 0.1) is 13.0 Å². The highest BCUT2D eigenvalue weighted by atomic mass is 16.5. The number of amides is 2. The highest BCUT2D eigenvalue weighted by Gasteiger charge is 2.31. The van der Waals surface area contributed by atoms with Gasteiger partial charge < -0.3 is 20.1 Å². The average Bonchev–Trinajstić information content (AvgIpc) is 2.91. The summed E-state index contributed by atoms with van der Waals surface area (Å²) in [6.45, 7) is 3.24. The zero-order valence-corrected chi connectivity index (χ0v) is 11.9. The molecule has 1 aliphatic heterocycles. The predicted octanol–water partition coefficient (Wildman–Crippen LogP) is 0.692. The molecular weight excluding hydrogens is 264 g/mol. The van der Waals surface area contributed by atoms with Crippen molar-refractivity contribution in [1.29, 1.82) is 0 Å². The van der Waals surface area contributed by atoms with Crippen LogP contribution in [-0.2, 0) is 14.3 Å². The molecule has 0 bridgehead atoms. The number of nitrogens with zero attached hydrogens (tertiary/aromatic N) is 1. The number of hydrogen-bond acceptors (Lipinski definition) is 4. The molecule has 7 nitrogen and oxygen atoms in total. The normalized spacial score (nSPS) is 19.5. The Bertz CT molecular complexity index is 372. The van der Waals surface area contributed by atoms with Crippen LogP contribution in [0.5, 0.6) is 0 Å². The molecule has 20 heavy (non-hydrogen) atoms. The van der Waals surface area contributed by atoms with E-state index in [4.69, 9.17) is 5.11 Å². The van der Waals surface area contributed by atoms with Gasteiger partial charge in [0.2, 0.25) is 0 Å². The predicted molar refractivity (Wildman–Crippen MR) is 71.1 cm³/mol. The Morgan fingerprint density at radius 3 is 2.75 bits per heavy atom. The maximum atomic E-state index is 11.9. The molecule has 0 aliphatic carbocycles. The third-order valence-corrected chi connectivity index (χ3v) is 3.46. The van der Waals surface area contributed by atoms with Crippen molar-refractivity contribution in [2.75, 3.05) is 26.7 Å². The zero-order valence-electron chi connectivity index (χ0n) is 11.9. The van der Waals surface area contributed by atoms with Gasteiger partial charge in [-0.05, 0) is 18.8 Å². The number of carbonyl (C=O) groups is 3. The maximum Gasteiger partial charge on any atom is 0.317 e. The Morgan fingerprint density at radius 1 is 1.45 bits per heavy atom. The molecule has 1 saturated heterocycles. The lowest BCUT2D eigenvalue weighted by molar-refractivity contribution is -0.144. The first-order valence-electron chi connectivity index (χ1n) is 6.76. The minimum absolute atomic E-state index is 0.102. The highest BCUT2D eigenvalue weighted by molar-refractivity contribution is 5.78. The third-order valence-electron chi connectivity index (χ3n) is 3.46. The second-order valence-electron chi connectivity index (χ2n) is 5.18. The summed E-state index contributed by atoms with van der Waals surface area (Å²) in [5.41, 5.74) is 0. The fourth-order valence-corrected chi connectivity index (χ4v) is 2.15. The van der Waals surface area contributed by atoms with Crippen molar-refractivity contribution in [3.8, 4) is 0 Å². The van der Waals surface area contributed by atoms with E-state index < -0.39 is 5.97 Å². The lowest BCUT2D eigenvalue weighted by Gasteiger charge is -2.19. The Hall–Kier alpha value is -1.79. The van der Waals surface area contributed by atoms with Crippen LogP contribution in [0.25, 0.3) is 0 Å². The van der Waals surface area contributed by atoms with Crippen LogP contribution >= 0.6 is 0 Å². The van der Waals surface area contributed by atoms with Gasteiger partial charge in [-0.2, -0.15) is 0 Å². The standard InChI is InChI=1S/C13H22N2O5/c1-9(3-4-11(16)17)7-14-13(19)15-6-5-10(8-15)12(18)20-2/h9-10H,3-8H2,1-2H3,(H,14,19)(H,16,17). The molecule has 0 aromatic heterocycles. The summed E-state index contributed by atoms with van der Waals surface area (Å²) in [5, 5.41) is 11.3. The van der Waals surface area contributed by atoms with Crippen LogP contribution in [0.4, 0.5) is 4.79 Å². The Kier molecular flexibility index (Phi) is 6.27. The summed E-state index contributed by atoms with van der Waals surface area (Å²) < 4.78 is 4.66. The van der Waals surface area contributed by atoms with Crippen molar-refractivity contribution in [2.24, 2.45) is 11.8 Å². The molecule has 114 valence electrons. The van der Waals surface area contributed by atoms with E-state index in [2.05, 4.69) is 10.1 Å². The lowest BCUT2D eigenvalue weighted by Crippen LogP contribution is -2.40. The van der Waals surface area contributed by atoms with Crippen LogP contribution in [-0.4, -0.2) is 54.7 Å². The van der Waals surface area contributed by atoms with Gasteiger partial charge in [0, 0.05) is 26.1 Å². The fourth-order valence-electron chi connectivity index (χ4n) is 2.15. The van der Waals surface area contributed by atoms with E-state index >= 15 is 0 Å². The van der Waals surface area contributed by atoms with Gasteiger partial charge in [0.25, 0.3) is 0 Å². The molecule has 0 aromatic rings. The second-order valence-corrected chi connectivity index (χ2v) is 5.18. The maximum absolute atomic E-state index is 11.9. The number of aliphatic carboxylic acids is 1. The number of likely N-dealkylation sites (tertiary alicyclic amines) is 1. The average molecular weight is 286 g/mol. The van der Waals surface area contributed by atoms with Crippen molar-refractivity contribution >= 4 is 18.0 Å². The number of esters is 1. The first kappa shape index (κ1) is 16.3. The molecule has 7 heteroatoms. The van der Waals surface area contributed by atoms with Crippen LogP contribution in [0.15, 0.2) is 0 Å². The number of ether oxygens (including phenoxy) is 1. The van der Waals surface area contributed by atoms with Crippen LogP contribution in [0.3, 0.4) is 0 Å². The van der Waals surface area contributed by atoms with E-state index in [1.54, 1.807) is 4.90 Å². The van der Waals surface area contributed by atoms with E-state index in [1.165, 1.54) is 7.11 Å². The Labute approximate surface area is 118 Å². The summed E-state index contributed by atoms with van der Waals surface area (Å²) in [7, 11) is 1.34. The number of carbonyl (C=O) groups excluding carboxylic acids is 2. The van der Waals surface area contributed by atoms with Crippen LogP contribution in [0, 0.1) is 11.8 Å². The van der Waals surface area contributed by atoms with Gasteiger partial charge in [-0.1, -0.05) is 6.92 Å². The number of methoxy groups -OCH3 is 1. The number of urea groups is 1. The lowest BCUT2D eigenvalue weighted by atomic mass is 10.1. The number of hydrogen-bond donors (Lipinski definition) is 2. The summed E-state index contributed by atoms with van der Waals surface area (Å²) in [4.78, 5) is 35.3. The van der Waals surface area contributed by atoms with Gasteiger partial charge in [-0.25, -0.2) is 4.79 Å².